The predicted octanol–water partition coefficient (Wildman–Crippen LogP) is 1.27. The van der Waals surface area contributed by atoms with Crippen LogP contribution in [0.2, 0.25) is 0 Å². The zero-order valence-electron chi connectivity index (χ0n) is 9.04. The molecule has 0 aliphatic carbocycles. The molecular formula is C10H20N2O. The first-order valence-electron chi connectivity index (χ1n) is 4.95. The Morgan fingerprint density at radius 1 is 1.69 bits per heavy atom. The van der Waals surface area contributed by atoms with E-state index in [1.165, 1.54) is 0 Å². The van der Waals surface area contributed by atoms with E-state index < -0.39 is 6.23 Å². The summed E-state index contributed by atoms with van der Waals surface area (Å²) in [5.41, 5.74) is 1.07. The zero-order valence-corrected chi connectivity index (χ0v) is 9.04. The van der Waals surface area contributed by atoms with Crippen LogP contribution in [0.1, 0.15) is 33.6 Å². The maximum atomic E-state index is 9.49. The lowest BCUT2D eigenvalue weighted by molar-refractivity contribution is 0.146. The fourth-order valence-corrected chi connectivity index (χ4v) is 1.78. The summed E-state index contributed by atoms with van der Waals surface area (Å²) >= 11 is 0. The molecule has 2 unspecified atom stereocenters. The number of hydrogen-bond donors (Lipinski definition) is 1. The van der Waals surface area contributed by atoms with Crippen molar-refractivity contribution in [3.05, 3.63) is 0 Å². The first-order chi connectivity index (χ1) is 6.00. The van der Waals surface area contributed by atoms with Crippen LogP contribution in [0.25, 0.3) is 0 Å². The number of nitrogens with zero attached hydrogens (tertiary/aromatic N) is 2. The van der Waals surface area contributed by atoms with Crippen LogP contribution in [0, 0.1) is 0 Å². The molecule has 3 heteroatoms. The summed E-state index contributed by atoms with van der Waals surface area (Å²) in [4.78, 5) is 6.56. The molecule has 0 aromatic heterocycles. The van der Waals surface area contributed by atoms with Crippen LogP contribution in [0.4, 0.5) is 0 Å². The fourth-order valence-electron chi connectivity index (χ4n) is 1.78. The molecule has 13 heavy (non-hydrogen) atoms. The van der Waals surface area contributed by atoms with E-state index in [4.69, 9.17) is 0 Å². The molecule has 1 aliphatic rings. The SMILES string of the molecule is CCC1(C)C(C)=NC(O)CCN1C. The molecule has 0 spiro atoms. The van der Waals surface area contributed by atoms with Crippen molar-refractivity contribution in [2.75, 3.05) is 13.6 Å². The van der Waals surface area contributed by atoms with Gasteiger partial charge in [0.25, 0.3) is 0 Å². The smallest absolute Gasteiger partial charge is 0.146 e. The second kappa shape index (κ2) is 3.76. The quantitative estimate of drug-likeness (QED) is 0.666. The summed E-state index contributed by atoms with van der Waals surface area (Å²) in [6, 6.07) is 0. The Bertz CT molecular complexity index is 215. The van der Waals surface area contributed by atoms with Crippen LogP contribution in [0.15, 0.2) is 4.99 Å². The number of aliphatic imine (C=N–C) groups is 1. The van der Waals surface area contributed by atoms with E-state index in [0.29, 0.717) is 0 Å². The number of rotatable bonds is 1. The van der Waals surface area contributed by atoms with Gasteiger partial charge in [-0.2, -0.15) is 0 Å². The van der Waals surface area contributed by atoms with Gasteiger partial charge in [0.2, 0.25) is 0 Å². The van der Waals surface area contributed by atoms with Crippen LogP contribution in [0.3, 0.4) is 0 Å². The maximum Gasteiger partial charge on any atom is 0.146 e. The third-order valence-electron chi connectivity index (χ3n) is 3.38. The summed E-state index contributed by atoms with van der Waals surface area (Å²) in [7, 11) is 2.10. The number of aliphatic hydroxyl groups is 1. The molecule has 3 nitrogen and oxygen atoms in total. The lowest BCUT2D eigenvalue weighted by Crippen LogP contribution is -2.48. The fraction of sp³-hybridized carbons (Fsp3) is 0.900. The van der Waals surface area contributed by atoms with E-state index in [9.17, 15) is 5.11 Å². The Labute approximate surface area is 80.5 Å². The maximum absolute atomic E-state index is 9.49. The van der Waals surface area contributed by atoms with Crippen molar-refractivity contribution in [1.29, 1.82) is 0 Å². The van der Waals surface area contributed by atoms with Gasteiger partial charge in [0.1, 0.15) is 6.23 Å². The van der Waals surface area contributed by atoms with Crippen LogP contribution in [0.5, 0.6) is 0 Å². The third kappa shape index (κ3) is 1.92. The van der Waals surface area contributed by atoms with Crippen LogP contribution in [-0.2, 0) is 0 Å². The van der Waals surface area contributed by atoms with E-state index in [2.05, 4.69) is 30.8 Å². The van der Waals surface area contributed by atoms with Crippen LogP contribution in [-0.4, -0.2) is 41.1 Å². The Morgan fingerprint density at radius 3 is 2.85 bits per heavy atom. The van der Waals surface area contributed by atoms with Crippen molar-refractivity contribution >= 4 is 5.71 Å². The third-order valence-corrected chi connectivity index (χ3v) is 3.38. The van der Waals surface area contributed by atoms with Crippen molar-refractivity contribution in [3.8, 4) is 0 Å². The Morgan fingerprint density at radius 2 is 2.31 bits per heavy atom. The highest BCUT2D eigenvalue weighted by Crippen LogP contribution is 2.23. The van der Waals surface area contributed by atoms with Crippen molar-refractivity contribution in [2.45, 2.75) is 45.4 Å². The zero-order chi connectivity index (χ0) is 10.1. The summed E-state index contributed by atoms with van der Waals surface area (Å²) in [6.45, 7) is 7.26. The molecular weight excluding hydrogens is 164 g/mol. The van der Waals surface area contributed by atoms with E-state index in [1.54, 1.807) is 0 Å². The minimum Gasteiger partial charge on any atom is -0.372 e. The standard InChI is InChI=1S/C10H20N2O/c1-5-10(3)8(2)11-9(13)6-7-12(10)4/h9,13H,5-7H2,1-4H3. The van der Waals surface area contributed by atoms with Crippen molar-refractivity contribution in [2.24, 2.45) is 4.99 Å². The molecule has 0 bridgehead atoms. The van der Waals surface area contributed by atoms with Gasteiger partial charge in [-0.05, 0) is 27.3 Å². The molecule has 1 heterocycles. The first kappa shape index (κ1) is 10.7. The molecule has 0 saturated heterocycles. The van der Waals surface area contributed by atoms with E-state index in [-0.39, 0.29) is 5.54 Å². The van der Waals surface area contributed by atoms with Gasteiger partial charge in [0.05, 0.1) is 5.54 Å². The second-order valence-electron chi connectivity index (χ2n) is 4.03. The van der Waals surface area contributed by atoms with Gasteiger partial charge >= 0.3 is 0 Å². The largest absolute Gasteiger partial charge is 0.372 e. The van der Waals surface area contributed by atoms with Crippen molar-refractivity contribution in [3.63, 3.8) is 0 Å². The lowest BCUT2D eigenvalue weighted by Gasteiger charge is -2.36. The van der Waals surface area contributed by atoms with Gasteiger partial charge in [-0.1, -0.05) is 6.92 Å². The van der Waals surface area contributed by atoms with Gasteiger partial charge in [-0.15, -0.1) is 0 Å². The average molecular weight is 184 g/mol. The van der Waals surface area contributed by atoms with Crippen LogP contribution >= 0.6 is 0 Å². The molecule has 76 valence electrons. The van der Waals surface area contributed by atoms with Gasteiger partial charge in [0.15, 0.2) is 0 Å². The summed E-state index contributed by atoms with van der Waals surface area (Å²) in [6.07, 6.45) is 1.27. The van der Waals surface area contributed by atoms with E-state index in [0.717, 1.165) is 25.1 Å². The lowest BCUT2D eigenvalue weighted by atomic mass is 9.92. The normalized spacial score (nSPS) is 37.0. The highest BCUT2D eigenvalue weighted by atomic mass is 16.3. The summed E-state index contributed by atoms with van der Waals surface area (Å²) in [5.74, 6) is 0. The molecule has 0 radical (unpaired) electrons. The monoisotopic (exact) mass is 184 g/mol. The van der Waals surface area contributed by atoms with Gasteiger partial charge < -0.3 is 5.11 Å². The van der Waals surface area contributed by atoms with Crippen LogP contribution < -0.4 is 0 Å². The first-order valence-corrected chi connectivity index (χ1v) is 4.95. The number of hydrogen-bond acceptors (Lipinski definition) is 3. The Balaban J connectivity index is 2.95. The van der Waals surface area contributed by atoms with Gasteiger partial charge in [-0.25, -0.2) is 0 Å². The van der Waals surface area contributed by atoms with Gasteiger partial charge in [0, 0.05) is 18.7 Å². The summed E-state index contributed by atoms with van der Waals surface area (Å²) < 4.78 is 0. The molecule has 0 aromatic rings. The molecule has 1 N–H and O–H groups in total. The molecule has 0 aromatic carbocycles. The summed E-state index contributed by atoms with van der Waals surface area (Å²) in [5, 5.41) is 9.49. The van der Waals surface area contributed by atoms with E-state index in [1.807, 2.05) is 6.92 Å². The van der Waals surface area contributed by atoms with E-state index >= 15 is 0 Å². The van der Waals surface area contributed by atoms with Crippen molar-refractivity contribution < 1.29 is 5.11 Å². The van der Waals surface area contributed by atoms with Gasteiger partial charge in [-0.3, -0.25) is 9.89 Å². The minimum atomic E-state index is -0.504. The Hall–Kier alpha value is -0.410. The molecule has 0 saturated carbocycles. The topological polar surface area (TPSA) is 35.8 Å². The number of aliphatic hydroxyl groups excluding tert-OH is 1. The molecule has 2 atom stereocenters. The Kier molecular flexibility index (Phi) is 3.09. The average Bonchev–Trinajstić information content (AvgIpc) is 2.19. The molecule has 1 aliphatic heterocycles. The second-order valence-corrected chi connectivity index (χ2v) is 4.03. The molecule has 1 rings (SSSR count). The predicted molar refractivity (Wildman–Crippen MR) is 55.1 cm³/mol. The minimum absolute atomic E-state index is 0.0253. The van der Waals surface area contributed by atoms with Crippen molar-refractivity contribution in [1.82, 2.24) is 4.90 Å². The highest BCUT2D eigenvalue weighted by molar-refractivity contribution is 5.91. The highest BCUT2D eigenvalue weighted by Gasteiger charge is 2.32. The molecule has 0 fully saturated rings. The molecule has 0 amide bonds.